The molecule has 4 aromatic rings. The summed E-state index contributed by atoms with van der Waals surface area (Å²) in [5.41, 5.74) is 4.51. The summed E-state index contributed by atoms with van der Waals surface area (Å²) in [5, 5.41) is 1.81. The van der Waals surface area contributed by atoms with Crippen molar-refractivity contribution in [3.8, 4) is 0 Å². The zero-order valence-corrected chi connectivity index (χ0v) is 21.5. The van der Waals surface area contributed by atoms with Gasteiger partial charge in [-0.2, -0.15) is 0 Å². The molecule has 0 bridgehead atoms. The molecule has 0 unspecified atom stereocenters. The third-order valence-electron chi connectivity index (χ3n) is 7.35. The van der Waals surface area contributed by atoms with Gasteiger partial charge >= 0.3 is 0 Å². The van der Waals surface area contributed by atoms with E-state index in [1.54, 1.807) is 6.07 Å². The second-order valence-corrected chi connectivity index (χ2v) is 10.7. The minimum absolute atomic E-state index is 0.0249. The molecule has 1 aliphatic heterocycles. The van der Waals surface area contributed by atoms with Gasteiger partial charge in [-0.25, -0.2) is 9.38 Å². The Hall–Kier alpha value is -3.64. The van der Waals surface area contributed by atoms with Crippen LogP contribution in [0.3, 0.4) is 0 Å². The van der Waals surface area contributed by atoms with Gasteiger partial charge in [-0.15, -0.1) is 0 Å². The second kappa shape index (κ2) is 10.0. The number of nitrogens with zero attached hydrogens (tertiary/aromatic N) is 3. The summed E-state index contributed by atoms with van der Waals surface area (Å²) in [7, 11) is 0. The fraction of sp³-hybridized carbons (Fsp3) is 0.226. The molecule has 1 aliphatic carbocycles. The largest absolute Gasteiger partial charge is 0.340 e. The molecule has 6 heteroatoms. The van der Waals surface area contributed by atoms with E-state index in [0.29, 0.717) is 17.0 Å². The Morgan fingerprint density at radius 2 is 1.68 bits per heavy atom. The fourth-order valence-corrected chi connectivity index (χ4v) is 6.47. The highest BCUT2D eigenvalue weighted by Gasteiger charge is 2.39. The number of thioether (sulfide) groups is 1. The van der Waals surface area contributed by atoms with Gasteiger partial charge in [-0.3, -0.25) is 9.69 Å². The van der Waals surface area contributed by atoms with Gasteiger partial charge in [0.15, 0.2) is 5.17 Å². The molecule has 186 valence electrons. The number of amides is 1. The van der Waals surface area contributed by atoms with E-state index in [1.807, 2.05) is 72.5 Å². The maximum atomic E-state index is 14.5. The van der Waals surface area contributed by atoms with Gasteiger partial charge in [-0.1, -0.05) is 67.4 Å². The average molecular weight is 510 g/mol. The minimum Gasteiger partial charge on any atom is -0.340 e. The summed E-state index contributed by atoms with van der Waals surface area (Å²) in [6, 6.07) is 25.1. The van der Waals surface area contributed by atoms with Gasteiger partial charge in [-0.05, 0) is 61.9 Å². The number of para-hydroxylation sites is 2. The summed E-state index contributed by atoms with van der Waals surface area (Å²) in [4.78, 5) is 21.3. The molecule has 0 spiro atoms. The Morgan fingerprint density at radius 3 is 2.46 bits per heavy atom. The predicted molar refractivity (Wildman–Crippen MR) is 150 cm³/mol. The number of aromatic nitrogens is 1. The summed E-state index contributed by atoms with van der Waals surface area (Å²) >= 11 is 1.45. The lowest BCUT2D eigenvalue weighted by Crippen LogP contribution is -2.37. The highest BCUT2D eigenvalue weighted by Crippen LogP contribution is 2.40. The first-order chi connectivity index (χ1) is 18.1. The molecule has 2 aliphatic rings. The number of hydrogen-bond acceptors (Lipinski definition) is 3. The van der Waals surface area contributed by atoms with Crippen LogP contribution in [0.25, 0.3) is 17.0 Å². The third kappa shape index (κ3) is 4.51. The van der Waals surface area contributed by atoms with Crippen LogP contribution in [0.15, 0.2) is 88.8 Å². The number of aliphatic imine (C=N–C) groups is 1. The number of carbonyl (C=O) groups excluding carboxylic acids is 1. The molecule has 1 amide bonds. The number of amidine groups is 1. The van der Waals surface area contributed by atoms with Crippen LogP contribution in [0.5, 0.6) is 0 Å². The Labute approximate surface area is 220 Å². The molecule has 2 heterocycles. The molecule has 0 N–H and O–H groups in total. The molecule has 6 rings (SSSR count). The predicted octanol–water partition coefficient (Wildman–Crippen LogP) is 7.68. The van der Waals surface area contributed by atoms with Gasteiger partial charge in [0, 0.05) is 33.8 Å². The maximum absolute atomic E-state index is 14.5. The monoisotopic (exact) mass is 509 g/mol. The van der Waals surface area contributed by atoms with Crippen molar-refractivity contribution in [3.63, 3.8) is 0 Å². The minimum atomic E-state index is -0.213. The first-order valence-electron chi connectivity index (χ1n) is 12.8. The van der Waals surface area contributed by atoms with Crippen molar-refractivity contribution in [2.24, 2.45) is 4.99 Å². The molecule has 1 saturated heterocycles. The van der Waals surface area contributed by atoms with Gasteiger partial charge < -0.3 is 4.57 Å². The van der Waals surface area contributed by atoms with Crippen LogP contribution in [0.1, 0.15) is 42.5 Å². The highest BCUT2D eigenvalue weighted by molar-refractivity contribution is 8.18. The fourth-order valence-electron chi connectivity index (χ4n) is 5.43. The number of rotatable bonds is 5. The van der Waals surface area contributed by atoms with Gasteiger partial charge in [0.1, 0.15) is 5.82 Å². The van der Waals surface area contributed by atoms with E-state index >= 15 is 0 Å². The SMILES string of the molecule is Cc1c(/C=C2\SC(=Nc3ccccc3)N(C3CCCC3)C2=O)c2ccccc2n1Cc1ccccc1F. The van der Waals surface area contributed by atoms with E-state index < -0.39 is 0 Å². The van der Waals surface area contributed by atoms with E-state index in [9.17, 15) is 9.18 Å². The molecule has 4 nitrogen and oxygen atoms in total. The van der Waals surface area contributed by atoms with Gasteiger partial charge in [0.25, 0.3) is 5.91 Å². The zero-order valence-electron chi connectivity index (χ0n) is 20.7. The molecule has 1 aromatic heterocycles. The molecule has 3 aromatic carbocycles. The van der Waals surface area contributed by atoms with Crippen LogP contribution < -0.4 is 0 Å². The lowest BCUT2D eigenvalue weighted by molar-refractivity contribution is -0.123. The van der Waals surface area contributed by atoms with Crippen LogP contribution in [-0.4, -0.2) is 26.6 Å². The van der Waals surface area contributed by atoms with Crippen LogP contribution in [-0.2, 0) is 11.3 Å². The first-order valence-corrected chi connectivity index (χ1v) is 13.6. The smallest absolute Gasteiger partial charge is 0.267 e. The van der Waals surface area contributed by atoms with E-state index in [2.05, 4.69) is 16.7 Å². The lowest BCUT2D eigenvalue weighted by atomic mass is 10.1. The Kier molecular flexibility index (Phi) is 6.43. The molecule has 0 radical (unpaired) electrons. The summed E-state index contributed by atoms with van der Waals surface area (Å²) in [6.45, 7) is 2.48. The van der Waals surface area contributed by atoms with Crippen LogP contribution in [0, 0.1) is 12.7 Å². The highest BCUT2D eigenvalue weighted by atomic mass is 32.2. The number of carbonyl (C=O) groups is 1. The quantitative estimate of drug-likeness (QED) is 0.259. The van der Waals surface area contributed by atoms with Crippen molar-refractivity contribution in [2.45, 2.75) is 45.2 Å². The number of hydrogen-bond donors (Lipinski definition) is 0. The maximum Gasteiger partial charge on any atom is 0.267 e. The van der Waals surface area contributed by atoms with Gasteiger partial charge in [0.2, 0.25) is 0 Å². The Morgan fingerprint density at radius 1 is 0.973 bits per heavy atom. The van der Waals surface area contributed by atoms with Crippen molar-refractivity contribution < 1.29 is 9.18 Å². The summed E-state index contributed by atoms with van der Waals surface area (Å²) in [6.07, 6.45) is 6.31. The zero-order chi connectivity index (χ0) is 25.4. The van der Waals surface area contributed by atoms with Crippen molar-refractivity contribution >= 4 is 45.5 Å². The number of fused-ring (bicyclic) bond motifs is 1. The van der Waals surface area contributed by atoms with Gasteiger partial charge in [0.05, 0.1) is 17.1 Å². The molecular weight excluding hydrogens is 481 g/mol. The molecule has 1 saturated carbocycles. The molecule has 0 atom stereocenters. The Bertz CT molecular complexity index is 1530. The van der Waals surface area contributed by atoms with E-state index in [1.165, 1.54) is 17.8 Å². The van der Waals surface area contributed by atoms with E-state index in [4.69, 9.17) is 4.99 Å². The lowest BCUT2D eigenvalue weighted by Gasteiger charge is -2.22. The number of benzene rings is 3. The topological polar surface area (TPSA) is 37.6 Å². The normalized spacial score (nSPS) is 18.6. The molecule has 37 heavy (non-hydrogen) atoms. The first kappa shape index (κ1) is 23.7. The number of halogens is 1. The Balaban J connectivity index is 1.43. The third-order valence-corrected chi connectivity index (χ3v) is 8.33. The van der Waals surface area contributed by atoms with E-state index in [0.717, 1.165) is 58.7 Å². The van der Waals surface area contributed by atoms with Crippen molar-refractivity contribution in [1.29, 1.82) is 0 Å². The van der Waals surface area contributed by atoms with Crippen LogP contribution in [0.4, 0.5) is 10.1 Å². The second-order valence-electron chi connectivity index (χ2n) is 9.65. The van der Waals surface area contributed by atoms with E-state index in [-0.39, 0.29) is 17.8 Å². The molecular formula is C31H28FN3OS. The standard InChI is InChI=1S/C31H28FN3OS/c1-21-26(25-16-8-10-18-28(25)34(21)20-22-11-5-9-17-27(22)32)19-29-30(36)35(24-14-6-7-15-24)31(37-29)33-23-12-3-2-4-13-23/h2-5,8-13,16-19,24H,6-7,14-15,20H2,1H3/b29-19-,33-31?. The summed E-state index contributed by atoms with van der Waals surface area (Å²) in [5.74, 6) is -0.188. The van der Waals surface area contributed by atoms with Crippen molar-refractivity contribution in [2.75, 3.05) is 0 Å². The summed E-state index contributed by atoms with van der Waals surface area (Å²) < 4.78 is 16.7. The van der Waals surface area contributed by atoms with Crippen LogP contribution in [0.2, 0.25) is 0 Å². The molecule has 2 fully saturated rings. The van der Waals surface area contributed by atoms with Crippen molar-refractivity contribution in [1.82, 2.24) is 9.47 Å². The van der Waals surface area contributed by atoms with Crippen LogP contribution >= 0.6 is 11.8 Å². The van der Waals surface area contributed by atoms with Crippen molar-refractivity contribution in [3.05, 3.63) is 106 Å². The average Bonchev–Trinajstić information content (AvgIpc) is 3.61.